The summed E-state index contributed by atoms with van der Waals surface area (Å²) in [5.74, 6) is 0.694. The smallest absolute Gasteiger partial charge is 0.265 e. The SMILES string of the molecule is Cc1cc(C)c2c(c1)OC(C)C(=O)N2. The van der Waals surface area contributed by atoms with Crippen molar-refractivity contribution >= 4 is 11.6 Å². The molecule has 1 aliphatic heterocycles. The zero-order valence-electron chi connectivity index (χ0n) is 8.55. The van der Waals surface area contributed by atoms with E-state index in [1.807, 2.05) is 26.0 Å². The first-order chi connectivity index (χ1) is 6.58. The topological polar surface area (TPSA) is 38.3 Å². The second-order valence-corrected chi connectivity index (χ2v) is 3.70. The van der Waals surface area contributed by atoms with Crippen LogP contribution in [0.4, 0.5) is 5.69 Å². The van der Waals surface area contributed by atoms with Crippen molar-refractivity contribution in [1.29, 1.82) is 0 Å². The summed E-state index contributed by atoms with van der Waals surface area (Å²) in [4.78, 5) is 11.4. The Morgan fingerprint density at radius 2 is 2.07 bits per heavy atom. The van der Waals surface area contributed by atoms with Crippen LogP contribution in [0.2, 0.25) is 0 Å². The number of rotatable bonds is 0. The van der Waals surface area contributed by atoms with Crippen molar-refractivity contribution in [3.63, 3.8) is 0 Å². The normalized spacial score (nSPS) is 19.6. The van der Waals surface area contributed by atoms with Gasteiger partial charge in [0.15, 0.2) is 6.10 Å². The Morgan fingerprint density at radius 3 is 2.79 bits per heavy atom. The summed E-state index contributed by atoms with van der Waals surface area (Å²) in [6, 6.07) is 3.97. The number of hydrogen-bond donors (Lipinski definition) is 1. The Morgan fingerprint density at radius 1 is 1.36 bits per heavy atom. The van der Waals surface area contributed by atoms with E-state index in [4.69, 9.17) is 4.74 Å². The van der Waals surface area contributed by atoms with E-state index in [0.717, 1.165) is 22.6 Å². The molecule has 1 amide bonds. The van der Waals surface area contributed by atoms with Gasteiger partial charge in [-0.15, -0.1) is 0 Å². The number of carbonyl (C=O) groups excluding carboxylic acids is 1. The molecule has 0 aromatic heterocycles. The summed E-state index contributed by atoms with van der Waals surface area (Å²) in [6.45, 7) is 5.72. The van der Waals surface area contributed by atoms with Gasteiger partial charge in [0.2, 0.25) is 0 Å². The molecule has 3 nitrogen and oxygen atoms in total. The molecule has 2 rings (SSSR count). The molecule has 1 aromatic rings. The first kappa shape index (κ1) is 9.06. The predicted octanol–water partition coefficient (Wildman–Crippen LogP) is 2.02. The average Bonchev–Trinajstić information content (AvgIpc) is 2.08. The molecule has 0 saturated heterocycles. The molecular weight excluding hydrogens is 178 g/mol. The minimum Gasteiger partial charge on any atom is -0.479 e. The van der Waals surface area contributed by atoms with Crippen LogP contribution < -0.4 is 10.1 Å². The van der Waals surface area contributed by atoms with Crippen LogP contribution in [-0.4, -0.2) is 12.0 Å². The van der Waals surface area contributed by atoms with E-state index in [9.17, 15) is 4.79 Å². The number of benzene rings is 1. The second kappa shape index (κ2) is 3.01. The summed E-state index contributed by atoms with van der Waals surface area (Å²) in [7, 11) is 0. The molecule has 14 heavy (non-hydrogen) atoms. The highest BCUT2D eigenvalue weighted by molar-refractivity contribution is 5.98. The van der Waals surface area contributed by atoms with Crippen molar-refractivity contribution in [3.05, 3.63) is 23.3 Å². The lowest BCUT2D eigenvalue weighted by Crippen LogP contribution is -2.34. The monoisotopic (exact) mass is 191 g/mol. The molecule has 1 aliphatic rings. The number of aryl methyl sites for hydroxylation is 2. The lowest BCUT2D eigenvalue weighted by atomic mass is 10.1. The fraction of sp³-hybridized carbons (Fsp3) is 0.364. The molecule has 74 valence electrons. The number of anilines is 1. The summed E-state index contributed by atoms with van der Waals surface area (Å²) >= 11 is 0. The quantitative estimate of drug-likeness (QED) is 0.681. The molecule has 0 radical (unpaired) electrons. The largest absolute Gasteiger partial charge is 0.479 e. The number of fused-ring (bicyclic) bond motifs is 1. The van der Waals surface area contributed by atoms with E-state index in [2.05, 4.69) is 5.32 Å². The minimum atomic E-state index is -0.399. The number of amides is 1. The van der Waals surface area contributed by atoms with Crippen molar-refractivity contribution < 1.29 is 9.53 Å². The Hall–Kier alpha value is -1.51. The Kier molecular flexibility index (Phi) is 1.95. The van der Waals surface area contributed by atoms with Gasteiger partial charge in [0, 0.05) is 0 Å². The molecule has 1 unspecified atom stereocenters. The molecule has 1 atom stereocenters. The molecule has 3 heteroatoms. The minimum absolute atomic E-state index is 0.0792. The molecule has 0 fully saturated rings. The van der Waals surface area contributed by atoms with Gasteiger partial charge in [0.1, 0.15) is 5.75 Å². The Balaban J connectivity index is 2.51. The summed E-state index contributed by atoms with van der Waals surface area (Å²) < 4.78 is 5.49. The van der Waals surface area contributed by atoms with Gasteiger partial charge in [-0.05, 0) is 38.0 Å². The average molecular weight is 191 g/mol. The van der Waals surface area contributed by atoms with Crippen molar-refractivity contribution in [2.45, 2.75) is 26.9 Å². The van der Waals surface area contributed by atoms with Gasteiger partial charge in [-0.25, -0.2) is 0 Å². The molecule has 1 N–H and O–H groups in total. The summed E-state index contributed by atoms with van der Waals surface area (Å²) in [5.41, 5.74) is 2.99. The van der Waals surface area contributed by atoms with E-state index in [1.54, 1.807) is 6.92 Å². The van der Waals surface area contributed by atoms with Crippen molar-refractivity contribution in [2.24, 2.45) is 0 Å². The maximum Gasteiger partial charge on any atom is 0.265 e. The van der Waals surface area contributed by atoms with Crippen LogP contribution >= 0.6 is 0 Å². The molecule has 1 aromatic carbocycles. The first-order valence-corrected chi connectivity index (χ1v) is 4.66. The fourth-order valence-corrected chi connectivity index (χ4v) is 1.65. The van der Waals surface area contributed by atoms with Crippen molar-refractivity contribution in [3.8, 4) is 5.75 Å². The fourth-order valence-electron chi connectivity index (χ4n) is 1.65. The highest BCUT2D eigenvalue weighted by Gasteiger charge is 2.24. The van der Waals surface area contributed by atoms with Gasteiger partial charge in [-0.2, -0.15) is 0 Å². The van der Waals surface area contributed by atoms with Crippen LogP contribution in [0.15, 0.2) is 12.1 Å². The summed E-state index contributed by atoms with van der Waals surface area (Å²) in [6.07, 6.45) is -0.399. The molecule has 0 bridgehead atoms. The lowest BCUT2D eigenvalue weighted by molar-refractivity contribution is -0.122. The number of ether oxygens (including phenoxy) is 1. The van der Waals surface area contributed by atoms with Crippen LogP contribution in [-0.2, 0) is 4.79 Å². The number of hydrogen-bond acceptors (Lipinski definition) is 2. The first-order valence-electron chi connectivity index (χ1n) is 4.66. The van der Waals surface area contributed by atoms with Crippen LogP contribution in [0, 0.1) is 13.8 Å². The number of nitrogens with one attached hydrogen (secondary N) is 1. The maximum atomic E-state index is 11.4. The molecule has 1 heterocycles. The van der Waals surface area contributed by atoms with E-state index in [1.165, 1.54) is 0 Å². The molecular formula is C11H13NO2. The molecule has 0 saturated carbocycles. The standard InChI is InChI=1S/C11H13NO2/c1-6-4-7(2)10-9(5-6)14-8(3)11(13)12-10/h4-5,8H,1-3H3,(H,12,13). The zero-order valence-corrected chi connectivity index (χ0v) is 8.55. The van der Waals surface area contributed by atoms with Crippen LogP contribution in [0.5, 0.6) is 5.75 Å². The van der Waals surface area contributed by atoms with E-state index < -0.39 is 6.10 Å². The zero-order chi connectivity index (χ0) is 10.3. The van der Waals surface area contributed by atoms with Crippen LogP contribution in [0.3, 0.4) is 0 Å². The number of carbonyl (C=O) groups is 1. The van der Waals surface area contributed by atoms with Crippen molar-refractivity contribution in [1.82, 2.24) is 0 Å². The molecule has 0 spiro atoms. The van der Waals surface area contributed by atoms with Gasteiger partial charge in [0.25, 0.3) is 5.91 Å². The maximum absolute atomic E-state index is 11.4. The predicted molar refractivity (Wildman–Crippen MR) is 54.6 cm³/mol. The third kappa shape index (κ3) is 1.35. The third-order valence-corrected chi connectivity index (χ3v) is 2.36. The van der Waals surface area contributed by atoms with E-state index in [-0.39, 0.29) is 5.91 Å². The van der Waals surface area contributed by atoms with Gasteiger partial charge < -0.3 is 10.1 Å². The van der Waals surface area contributed by atoms with E-state index in [0.29, 0.717) is 0 Å². The lowest BCUT2D eigenvalue weighted by Gasteiger charge is -2.25. The van der Waals surface area contributed by atoms with Gasteiger partial charge in [-0.3, -0.25) is 4.79 Å². The van der Waals surface area contributed by atoms with Gasteiger partial charge in [-0.1, -0.05) is 6.07 Å². The highest BCUT2D eigenvalue weighted by atomic mass is 16.5. The highest BCUT2D eigenvalue weighted by Crippen LogP contribution is 2.33. The van der Waals surface area contributed by atoms with Crippen molar-refractivity contribution in [2.75, 3.05) is 5.32 Å². The van der Waals surface area contributed by atoms with Crippen LogP contribution in [0.1, 0.15) is 18.1 Å². The van der Waals surface area contributed by atoms with Gasteiger partial charge >= 0.3 is 0 Å². The third-order valence-electron chi connectivity index (χ3n) is 2.36. The second-order valence-electron chi connectivity index (χ2n) is 3.70. The molecule has 0 aliphatic carbocycles. The van der Waals surface area contributed by atoms with Gasteiger partial charge in [0.05, 0.1) is 5.69 Å². The van der Waals surface area contributed by atoms with Crippen LogP contribution in [0.25, 0.3) is 0 Å². The Bertz CT molecular complexity index is 399. The summed E-state index contributed by atoms with van der Waals surface area (Å²) in [5, 5.41) is 2.84. The van der Waals surface area contributed by atoms with E-state index >= 15 is 0 Å². The Labute approximate surface area is 83.1 Å².